The molecule has 104 valence electrons. The van der Waals surface area contributed by atoms with E-state index < -0.39 is 0 Å². The van der Waals surface area contributed by atoms with E-state index in [-0.39, 0.29) is 0 Å². The zero-order valence-electron chi connectivity index (χ0n) is 11.1. The first-order chi connectivity index (χ1) is 10.1. The molecule has 0 aliphatic rings. The van der Waals surface area contributed by atoms with Gasteiger partial charge in [0.1, 0.15) is 21.9 Å². The second kappa shape index (κ2) is 5.36. The Morgan fingerprint density at radius 2 is 1.95 bits per heavy atom. The van der Waals surface area contributed by atoms with Gasteiger partial charge in [0.15, 0.2) is 5.65 Å². The van der Waals surface area contributed by atoms with Crippen LogP contribution in [0.5, 0.6) is 0 Å². The van der Waals surface area contributed by atoms with Crippen molar-refractivity contribution in [2.24, 2.45) is 0 Å². The molecule has 1 aromatic carbocycles. The molecule has 0 saturated heterocycles. The van der Waals surface area contributed by atoms with E-state index in [0.717, 1.165) is 5.56 Å². The molecule has 0 atom stereocenters. The van der Waals surface area contributed by atoms with Crippen molar-refractivity contribution >= 4 is 28.8 Å². The van der Waals surface area contributed by atoms with Gasteiger partial charge in [-0.2, -0.15) is 10.4 Å². The van der Waals surface area contributed by atoms with Gasteiger partial charge in [0.2, 0.25) is 0 Å². The van der Waals surface area contributed by atoms with Crippen LogP contribution in [0, 0.1) is 18.3 Å². The predicted molar refractivity (Wildman–Crippen MR) is 81.7 cm³/mol. The van der Waals surface area contributed by atoms with Crippen LogP contribution in [0.3, 0.4) is 0 Å². The highest BCUT2D eigenvalue weighted by atomic mass is 35.5. The first-order valence-electron chi connectivity index (χ1n) is 6.29. The fraction of sp³-hybridized carbons (Fsp3) is 0.133. The Morgan fingerprint density at radius 3 is 2.62 bits per heavy atom. The molecule has 0 aliphatic heterocycles. The Labute approximate surface area is 131 Å². The molecule has 0 radical (unpaired) electrons. The molecule has 0 N–H and O–H groups in total. The number of aromatic nitrogens is 3. The molecular weight excluding hydrogens is 307 g/mol. The normalized spacial score (nSPS) is 10.8. The second-order valence-corrected chi connectivity index (χ2v) is 5.36. The highest BCUT2D eigenvalue weighted by Crippen LogP contribution is 2.28. The van der Waals surface area contributed by atoms with Gasteiger partial charge in [0.05, 0.1) is 5.69 Å². The molecule has 21 heavy (non-hydrogen) atoms. The minimum Gasteiger partial charge on any atom is -0.215 e. The zero-order chi connectivity index (χ0) is 15.0. The fourth-order valence-electron chi connectivity index (χ4n) is 2.21. The molecule has 2 heterocycles. The van der Waals surface area contributed by atoms with Crippen molar-refractivity contribution < 1.29 is 0 Å². The van der Waals surface area contributed by atoms with Gasteiger partial charge in [0.25, 0.3) is 0 Å². The lowest BCUT2D eigenvalue weighted by Gasteiger charge is -2.08. The van der Waals surface area contributed by atoms with Crippen LogP contribution in [0.1, 0.15) is 22.4 Å². The fourth-order valence-corrected chi connectivity index (χ4v) is 2.76. The molecule has 6 heteroatoms. The SMILES string of the molecule is Cc1nn2c(Cl)c(Cc3ccccc3)c(Cl)nc2c1C#N. The van der Waals surface area contributed by atoms with E-state index in [1.807, 2.05) is 30.3 Å². The van der Waals surface area contributed by atoms with E-state index in [1.165, 1.54) is 4.52 Å². The maximum Gasteiger partial charge on any atom is 0.176 e. The summed E-state index contributed by atoms with van der Waals surface area (Å²) >= 11 is 12.7. The standard InChI is InChI=1S/C15H10Cl2N4/c1-9-12(8-18)15-19-13(16)11(14(17)21(15)20-9)7-10-5-3-2-4-6-10/h2-6H,7H2,1H3. The Kier molecular flexibility index (Phi) is 3.54. The maximum absolute atomic E-state index is 9.16. The van der Waals surface area contributed by atoms with Crippen LogP contribution in [-0.4, -0.2) is 14.6 Å². The third kappa shape index (κ3) is 2.35. The summed E-state index contributed by atoms with van der Waals surface area (Å²) in [6.45, 7) is 1.74. The largest absolute Gasteiger partial charge is 0.215 e. The van der Waals surface area contributed by atoms with Crippen molar-refractivity contribution in [3.8, 4) is 6.07 Å². The first-order valence-corrected chi connectivity index (χ1v) is 7.04. The van der Waals surface area contributed by atoms with Gasteiger partial charge in [-0.15, -0.1) is 0 Å². The minimum absolute atomic E-state index is 0.299. The number of nitriles is 1. The second-order valence-electron chi connectivity index (χ2n) is 4.64. The third-order valence-electron chi connectivity index (χ3n) is 3.26. The molecule has 2 aromatic heterocycles. The predicted octanol–water partition coefficient (Wildman–Crippen LogP) is 3.81. The van der Waals surface area contributed by atoms with Crippen LogP contribution < -0.4 is 0 Å². The van der Waals surface area contributed by atoms with Crippen molar-refractivity contribution in [1.82, 2.24) is 14.6 Å². The molecule has 0 aliphatic carbocycles. The van der Waals surface area contributed by atoms with E-state index >= 15 is 0 Å². The molecular formula is C15H10Cl2N4. The first kappa shape index (κ1) is 13.9. The van der Waals surface area contributed by atoms with Gasteiger partial charge in [-0.25, -0.2) is 9.50 Å². The van der Waals surface area contributed by atoms with E-state index in [9.17, 15) is 0 Å². The maximum atomic E-state index is 9.16. The summed E-state index contributed by atoms with van der Waals surface area (Å²) in [6, 6.07) is 11.9. The summed E-state index contributed by atoms with van der Waals surface area (Å²) in [4.78, 5) is 4.28. The number of rotatable bonds is 2. The van der Waals surface area contributed by atoms with Crippen LogP contribution in [0.25, 0.3) is 5.65 Å². The molecule has 0 spiro atoms. The summed E-state index contributed by atoms with van der Waals surface area (Å²) in [5.74, 6) is 0. The number of fused-ring (bicyclic) bond motifs is 1. The average Bonchev–Trinajstić information content (AvgIpc) is 2.80. The number of benzene rings is 1. The third-order valence-corrected chi connectivity index (χ3v) is 3.96. The Hall–Kier alpha value is -2.09. The number of hydrogen-bond acceptors (Lipinski definition) is 3. The van der Waals surface area contributed by atoms with Crippen LogP contribution in [-0.2, 0) is 6.42 Å². The molecule has 0 fully saturated rings. The van der Waals surface area contributed by atoms with Gasteiger partial charge in [-0.3, -0.25) is 0 Å². The van der Waals surface area contributed by atoms with E-state index in [1.54, 1.807) is 6.92 Å². The van der Waals surface area contributed by atoms with Gasteiger partial charge in [0, 0.05) is 12.0 Å². The molecule has 0 saturated carbocycles. The topological polar surface area (TPSA) is 54.0 Å². The molecule has 3 rings (SSSR count). The van der Waals surface area contributed by atoms with E-state index in [2.05, 4.69) is 16.2 Å². The lowest BCUT2D eigenvalue weighted by molar-refractivity contribution is 0.899. The van der Waals surface area contributed by atoms with Crippen molar-refractivity contribution in [2.45, 2.75) is 13.3 Å². The molecule has 0 amide bonds. The van der Waals surface area contributed by atoms with Crippen molar-refractivity contribution in [2.75, 3.05) is 0 Å². The van der Waals surface area contributed by atoms with Crippen LogP contribution in [0.4, 0.5) is 0 Å². The van der Waals surface area contributed by atoms with Crippen molar-refractivity contribution in [3.05, 3.63) is 63.0 Å². The van der Waals surface area contributed by atoms with Crippen molar-refractivity contribution in [1.29, 1.82) is 5.26 Å². The summed E-state index contributed by atoms with van der Waals surface area (Å²) in [5.41, 5.74) is 3.14. The molecule has 4 nitrogen and oxygen atoms in total. The molecule has 3 aromatic rings. The van der Waals surface area contributed by atoms with Crippen LogP contribution in [0.15, 0.2) is 30.3 Å². The lowest BCUT2D eigenvalue weighted by Crippen LogP contribution is -2.01. The van der Waals surface area contributed by atoms with Gasteiger partial charge >= 0.3 is 0 Å². The Bertz CT molecular complexity index is 863. The quantitative estimate of drug-likeness (QED) is 0.675. The van der Waals surface area contributed by atoms with Gasteiger partial charge in [-0.05, 0) is 12.5 Å². The lowest BCUT2D eigenvalue weighted by atomic mass is 10.1. The van der Waals surface area contributed by atoms with Crippen LogP contribution in [0.2, 0.25) is 10.3 Å². The number of halogens is 2. The van der Waals surface area contributed by atoms with E-state index in [4.69, 9.17) is 28.5 Å². The van der Waals surface area contributed by atoms with Gasteiger partial charge in [-0.1, -0.05) is 53.5 Å². The average molecular weight is 317 g/mol. The zero-order valence-corrected chi connectivity index (χ0v) is 12.7. The highest BCUT2D eigenvalue weighted by Gasteiger charge is 2.18. The van der Waals surface area contributed by atoms with Crippen LogP contribution >= 0.6 is 23.2 Å². The molecule has 0 unspecified atom stereocenters. The number of hydrogen-bond donors (Lipinski definition) is 0. The number of aryl methyl sites for hydroxylation is 1. The number of nitrogens with zero attached hydrogens (tertiary/aromatic N) is 4. The monoisotopic (exact) mass is 316 g/mol. The Balaban J connectivity index is 2.19. The summed E-state index contributed by atoms with van der Waals surface area (Å²) in [5, 5.41) is 14.1. The summed E-state index contributed by atoms with van der Waals surface area (Å²) in [7, 11) is 0. The van der Waals surface area contributed by atoms with Crippen molar-refractivity contribution in [3.63, 3.8) is 0 Å². The minimum atomic E-state index is 0.299. The smallest absolute Gasteiger partial charge is 0.176 e. The summed E-state index contributed by atoms with van der Waals surface area (Å²) < 4.78 is 1.47. The summed E-state index contributed by atoms with van der Waals surface area (Å²) in [6.07, 6.45) is 0.558. The molecule has 0 bridgehead atoms. The Morgan fingerprint density at radius 1 is 1.24 bits per heavy atom. The van der Waals surface area contributed by atoms with Gasteiger partial charge < -0.3 is 0 Å². The highest BCUT2D eigenvalue weighted by molar-refractivity contribution is 6.35. The van der Waals surface area contributed by atoms with E-state index in [0.29, 0.717) is 39.2 Å².